The van der Waals surface area contributed by atoms with Gasteiger partial charge in [0, 0.05) is 0 Å². The minimum Gasteiger partial charge on any atom is -0.508 e. The average Bonchev–Trinajstić information content (AvgIpc) is 2.30. The van der Waals surface area contributed by atoms with E-state index in [1.165, 1.54) is 4.90 Å². The van der Waals surface area contributed by atoms with Crippen LogP contribution in [0.1, 0.15) is 12.5 Å². The number of hydrogen-bond acceptors (Lipinski definition) is 4. The molecule has 2 rings (SSSR count). The first-order valence-electron chi connectivity index (χ1n) is 5.43. The van der Waals surface area contributed by atoms with Crippen molar-refractivity contribution in [2.45, 2.75) is 19.5 Å². The van der Waals surface area contributed by atoms with Crippen molar-refractivity contribution in [3.05, 3.63) is 29.8 Å². The lowest BCUT2D eigenvalue weighted by Gasteiger charge is -2.29. The lowest BCUT2D eigenvalue weighted by molar-refractivity contribution is -0.149. The highest BCUT2D eigenvalue weighted by molar-refractivity contribution is 6.00. The van der Waals surface area contributed by atoms with Gasteiger partial charge in [-0.2, -0.15) is 0 Å². The van der Waals surface area contributed by atoms with Gasteiger partial charge in [-0.05, 0) is 24.6 Å². The van der Waals surface area contributed by atoms with E-state index in [9.17, 15) is 14.7 Å². The smallest absolute Gasteiger partial charge is 0.246 e. The monoisotopic (exact) mass is 234 g/mol. The van der Waals surface area contributed by atoms with Crippen molar-refractivity contribution in [3.8, 4) is 5.75 Å². The second kappa shape index (κ2) is 4.55. The van der Waals surface area contributed by atoms with Crippen LogP contribution in [0.25, 0.3) is 0 Å². The van der Waals surface area contributed by atoms with Gasteiger partial charge < -0.3 is 5.11 Å². The summed E-state index contributed by atoms with van der Waals surface area (Å²) >= 11 is 0. The maximum Gasteiger partial charge on any atom is 0.246 e. The maximum atomic E-state index is 11.8. The van der Waals surface area contributed by atoms with Crippen LogP contribution in [0, 0.1) is 0 Å². The fourth-order valence-electron chi connectivity index (χ4n) is 1.78. The summed E-state index contributed by atoms with van der Waals surface area (Å²) < 4.78 is 0. The van der Waals surface area contributed by atoms with Crippen molar-refractivity contribution in [1.29, 1.82) is 0 Å². The van der Waals surface area contributed by atoms with Crippen LogP contribution in [0.4, 0.5) is 0 Å². The topological polar surface area (TPSA) is 69.6 Å². The third-order valence-electron chi connectivity index (χ3n) is 2.75. The zero-order valence-electron chi connectivity index (χ0n) is 9.51. The molecule has 1 aromatic carbocycles. The Balaban J connectivity index is 2.16. The van der Waals surface area contributed by atoms with E-state index >= 15 is 0 Å². The number of amides is 2. The van der Waals surface area contributed by atoms with Crippen LogP contribution in [-0.4, -0.2) is 34.4 Å². The molecule has 0 saturated carbocycles. The largest absolute Gasteiger partial charge is 0.508 e. The third kappa shape index (κ3) is 2.45. The van der Waals surface area contributed by atoms with E-state index in [0.717, 1.165) is 5.56 Å². The van der Waals surface area contributed by atoms with E-state index in [2.05, 4.69) is 5.32 Å². The Morgan fingerprint density at radius 1 is 1.47 bits per heavy atom. The van der Waals surface area contributed by atoms with Crippen molar-refractivity contribution < 1.29 is 14.7 Å². The van der Waals surface area contributed by atoms with Crippen LogP contribution in [0.15, 0.2) is 24.3 Å². The van der Waals surface area contributed by atoms with Gasteiger partial charge in [0.15, 0.2) is 0 Å². The zero-order chi connectivity index (χ0) is 12.4. The lowest BCUT2D eigenvalue weighted by Crippen LogP contribution is -2.56. The quantitative estimate of drug-likeness (QED) is 0.719. The predicted octanol–water partition coefficient (Wildman–Crippen LogP) is 0.239. The highest BCUT2D eigenvalue weighted by Crippen LogP contribution is 2.14. The summed E-state index contributed by atoms with van der Waals surface area (Å²) in [4.78, 5) is 24.6. The molecule has 1 unspecified atom stereocenters. The number of phenols is 1. The Labute approximate surface area is 99.0 Å². The molecule has 90 valence electrons. The normalized spacial score (nSPS) is 20.8. The fraction of sp³-hybridized carbons (Fsp3) is 0.333. The van der Waals surface area contributed by atoms with Crippen LogP contribution in [0.2, 0.25) is 0 Å². The highest BCUT2D eigenvalue weighted by atomic mass is 16.3. The molecule has 0 aromatic heterocycles. The van der Waals surface area contributed by atoms with Crippen molar-refractivity contribution >= 4 is 11.8 Å². The molecule has 1 heterocycles. The van der Waals surface area contributed by atoms with Gasteiger partial charge >= 0.3 is 0 Å². The third-order valence-corrected chi connectivity index (χ3v) is 2.75. The van der Waals surface area contributed by atoms with Crippen LogP contribution in [0.3, 0.4) is 0 Å². The number of piperazine rings is 1. The molecule has 0 bridgehead atoms. The standard InChI is InChI=1S/C12H14N2O3/c1-8-12(17)14(11(16)6-13-8)7-9-3-2-4-10(15)5-9/h2-5,8,13,15H,6-7H2,1H3. The van der Waals surface area contributed by atoms with E-state index in [0.29, 0.717) is 0 Å². The summed E-state index contributed by atoms with van der Waals surface area (Å²) in [6.45, 7) is 2.11. The molecule has 1 aliphatic rings. The Kier molecular flexibility index (Phi) is 3.10. The van der Waals surface area contributed by atoms with Crippen molar-refractivity contribution in [2.24, 2.45) is 0 Å². The molecule has 1 atom stereocenters. The van der Waals surface area contributed by atoms with E-state index in [1.54, 1.807) is 31.2 Å². The van der Waals surface area contributed by atoms with E-state index < -0.39 is 0 Å². The van der Waals surface area contributed by atoms with Gasteiger partial charge in [0.05, 0.1) is 19.1 Å². The summed E-state index contributed by atoms with van der Waals surface area (Å²) in [7, 11) is 0. The number of phenolic OH excluding ortho intramolecular Hbond substituents is 1. The van der Waals surface area contributed by atoms with E-state index in [-0.39, 0.29) is 36.7 Å². The van der Waals surface area contributed by atoms with Crippen molar-refractivity contribution in [3.63, 3.8) is 0 Å². The first kappa shape index (κ1) is 11.6. The van der Waals surface area contributed by atoms with Gasteiger partial charge in [-0.15, -0.1) is 0 Å². The second-order valence-corrected chi connectivity index (χ2v) is 4.09. The molecule has 1 fully saturated rings. The highest BCUT2D eigenvalue weighted by Gasteiger charge is 2.30. The summed E-state index contributed by atoms with van der Waals surface area (Å²) in [5.41, 5.74) is 0.737. The van der Waals surface area contributed by atoms with Gasteiger partial charge in [-0.1, -0.05) is 12.1 Å². The Morgan fingerprint density at radius 3 is 2.94 bits per heavy atom. The van der Waals surface area contributed by atoms with Gasteiger partial charge in [-0.3, -0.25) is 19.8 Å². The first-order valence-corrected chi connectivity index (χ1v) is 5.43. The van der Waals surface area contributed by atoms with Gasteiger partial charge in [0.25, 0.3) is 0 Å². The number of imide groups is 1. The van der Waals surface area contributed by atoms with Crippen LogP contribution < -0.4 is 5.32 Å². The molecule has 1 aromatic rings. The molecule has 5 nitrogen and oxygen atoms in total. The minimum absolute atomic E-state index is 0.130. The maximum absolute atomic E-state index is 11.8. The molecule has 2 N–H and O–H groups in total. The zero-order valence-corrected chi connectivity index (χ0v) is 9.51. The van der Waals surface area contributed by atoms with Crippen molar-refractivity contribution in [2.75, 3.05) is 6.54 Å². The van der Waals surface area contributed by atoms with Crippen LogP contribution in [-0.2, 0) is 16.1 Å². The summed E-state index contributed by atoms with van der Waals surface area (Å²) in [6.07, 6.45) is 0. The number of benzene rings is 1. The molecule has 17 heavy (non-hydrogen) atoms. The summed E-state index contributed by atoms with van der Waals surface area (Å²) in [5.74, 6) is -0.341. The molecule has 0 radical (unpaired) electrons. The Hall–Kier alpha value is -1.88. The molecular formula is C12H14N2O3. The number of nitrogens with zero attached hydrogens (tertiary/aromatic N) is 1. The minimum atomic E-state index is -0.343. The lowest BCUT2D eigenvalue weighted by atomic mass is 10.1. The second-order valence-electron chi connectivity index (χ2n) is 4.09. The SMILES string of the molecule is CC1NCC(=O)N(Cc2cccc(O)c2)C1=O. The Morgan fingerprint density at radius 2 is 2.24 bits per heavy atom. The van der Waals surface area contributed by atoms with Crippen LogP contribution in [0.5, 0.6) is 5.75 Å². The van der Waals surface area contributed by atoms with E-state index in [4.69, 9.17) is 0 Å². The van der Waals surface area contributed by atoms with Crippen molar-refractivity contribution in [1.82, 2.24) is 10.2 Å². The fourth-order valence-corrected chi connectivity index (χ4v) is 1.78. The molecule has 1 saturated heterocycles. The first-order chi connectivity index (χ1) is 8.08. The van der Waals surface area contributed by atoms with Gasteiger partial charge in [0.1, 0.15) is 5.75 Å². The number of rotatable bonds is 2. The molecular weight excluding hydrogens is 220 g/mol. The van der Waals surface area contributed by atoms with Gasteiger partial charge in [0.2, 0.25) is 11.8 Å². The number of carbonyl (C=O) groups excluding carboxylic acids is 2. The number of nitrogens with one attached hydrogen (secondary N) is 1. The predicted molar refractivity (Wildman–Crippen MR) is 61.1 cm³/mol. The molecule has 2 amide bonds. The average molecular weight is 234 g/mol. The molecule has 1 aliphatic heterocycles. The summed E-state index contributed by atoms with van der Waals surface area (Å²) in [5, 5.41) is 12.1. The molecule has 0 aliphatic carbocycles. The summed E-state index contributed by atoms with van der Waals surface area (Å²) in [6, 6.07) is 6.21. The number of carbonyl (C=O) groups is 2. The van der Waals surface area contributed by atoms with Gasteiger partial charge in [-0.25, -0.2) is 0 Å². The number of hydrogen-bond donors (Lipinski definition) is 2. The van der Waals surface area contributed by atoms with Crippen LogP contribution >= 0.6 is 0 Å². The number of aromatic hydroxyl groups is 1. The van der Waals surface area contributed by atoms with E-state index in [1.807, 2.05) is 0 Å². The molecule has 0 spiro atoms. The Bertz CT molecular complexity index is 459. The molecule has 5 heteroatoms.